The molecule has 1 heterocycles. The van der Waals surface area contributed by atoms with Gasteiger partial charge in [-0.2, -0.15) is 0 Å². The highest BCUT2D eigenvalue weighted by Gasteiger charge is 2.38. The number of hydrogen-bond acceptors (Lipinski definition) is 5. The van der Waals surface area contributed by atoms with E-state index in [1.165, 1.54) is 32.8 Å². The van der Waals surface area contributed by atoms with Crippen molar-refractivity contribution in [1.29, 1.82) is 0 Å². The number of carbonyl (C=O) groups excluding carboxylic acids is 1. The molecule has 172 valence electrons. The van der Waals surface area contributed by atoms with E-state index in [2.05, 4.69) is 29.9 Å². The van der Waals surface area contributed by atoms with Crippen molar-refractivity contribution in [2.75, 3.05) is 20.3 Å². The predicted octanol–water partition coefficient (Wildman–Crippen LogP) is 5.32. The lowest BCUT2D eigenvalue weighted by molar-refractivity contribution is -0.170. The van der Waals surface area contributed by atoms with Gasteiger partial charge < -0.3 is 19.3 Å². The van der Waals surface area contributed by atoms with Gasteiger partial charge >= 0.3 is 5.97 Å². The number of rotatable bonds is 15. The number of methoxy groups -OCH3 is 1. The lowest BCUT2D eigenvalue weighted by Crippen LogP contribution is -2.31. The summed E-state index contributed by atoms with van der Waals surface area (Å²) < 4.78 is 16.8. The molecule has 1 aliphatic carbocycles. The number of hydrogen-bond donors (Lipinski definition) is 1. The summed E-state index contributed by atoms with van der Waals surface area (Å²) >= 11 is 0. The second kappa shape index (κ2) is 14.0. The van der Waals surface area contributed by atoms with E-state index in [1.54, 1.807) is 0 Å². The van der Waals surface area contributed by atoms with Gasteiger partial charge in [0.05, 0.1) is 26.4 Å². The maximum atomic E-state index is 11.2. The summed E-state index contributed by atoms with van der Waals surface area (Å²) in [5, 5.41) is 10.4. The van der Waals surface area contributed by atoms with Crippen LogP contribution >= 0.6 is 0 Å². The summed E-state index contributed by atoms with van der Waals surface area (Å²) in [6.07, 6.45) is 20.0. The first kappa shape index (κ1) is 25.1. The predicted molar refractivity (Wildman–Crippen MR) is 119 cm³/mol. The van der Waals surface area contributed by atoms with Crippen LogP contribution in [-0.2, 0) is 19.0 Å². The van der Waals surface area contributed by atoms with E-state index in [9.17, 15) is 9.90 Å². The molecule has 2 unspecified atom stereocenters. The van der Waals surface area contributed by atoms with Crippen molar-refractivity contribution in [1.82, 2.24) is 0 Å². The number of aliphatic hydroxyl groups excluding tert-OH is 1. The highest BCUT2D eigenvalue weighted by atomic mass is 16.7. The van der Waals surface area contributed by atoms with Gasteiger partial charge in [0.25, 0.3) is 0 Å². The number of unbranched alkanes of at least 4 members (excludes halogenated alkanes) is 5. The molecule has 2 rings (SSSR count). The Kier molecular flexibility index (Phi) is 11.7. The summed E-state index contributed by atoms with van der Waals surface area (Å²) in [5.74, 6) is -0.00845. The van der Waals surface area contributed by atoms with Crippen molar-refractivity contribution in [3.05, 3.63) is 24.3 Å². The third kappa shape index (κ3) is 8.52. The van der Waals surface area contributed by atoms with Crippen LogP contribution in [0.5, 0.6) is 0 Å². The van der Waals surface area contributed by atoms with Crippen molar-refractivity contribution in [3.63, 3.8) is 0 Å². The molecule has 0 bridgehead atoms. The van der Waals surface area contributed by atoms with Crippen LogP contribution in [0.2, 0.25) is 0 Å². The molecule has 0 aromatic carbocycles. The zero-order valence-electron chi connectivity index (χ0n) is 19.0. The molecular weight excluding hydrogens is 380 g/mol. The van der Waals surface area contributed by atoms with E-state index in [0.29, 0.717) is 25.6 Å². The Morgan fingerprint density at radius 2 is 1.87 bits per heavy atom. The summed E-state index contributed by atoms with van der Waals surface area (Å²) in [5.41, 5.74) is 0. The van der Waals surface area contributed by atoms with E-state index in [4.69, 9.17) is 9.47 Å². The molecule has 0 amide bonds. The van der Waals surface area contributed by atoms with E-state index in [0.717, 1.165) is 44.9 Å². The second-order valence-electron chi connectivity index (χ2n) is 8.69. The normalized spacial score (nSPS) is 25.4. The summed E-state index contributed by atoms with van der Waals surface area (Å²) in [7, 11) is 1.42. The summed E-state index contributed by atoms with van der Waals surface area (Å²) in [6, 6.07) is 0. The Hall–Kier alpha value is -1.17. The molecule has 5 nitrogen and oxygen atoms in total. The largest absolute Gasteiger partial charge is 0.469 e. The van der Waals surface area contributed by atoms with Gasteiger partial charge in [-0.3, -0.25) is 4.79 Å². The monoisotopic (exact) mass is 422 g/mol. The SMILES string of the molecule is CCCCCCCC1(CC[C@H]2C=CC(O)C2CC=CCCCC(=O)OC)OCCO1. The minimum absolute atomic E-state index is 0.158. The fourth-order valence-electron chi connectivity index (χ4n) is 4.55. The van der Waals surface area contributed by atoms with Crippen LogP contribution in [0.1, 0.15) is 84.0 Å². The molecule has 1 N–H and O–H groups in total. The number of allylic oxidation sites excluding steroid dienone is 3. The van der Waals surface area contributed by atoms with E-state index < -0.39 is 5.79 Å². The molecule has 5 heteroatoms. The summed E-state index contributed by atoms with van der Waals surface area (Å²) in [6.45, 7) is 3.62. The standard InChI is InChI=1S/C25H42O5/c1-3-4-5-8-11-17-25(29-19-20-30-25)18-16-21-14-15-23(26)22(21)12-9-6-7-10-13-24(27)28-2/h6,9,14-15,21-23,26H,3-5,7-8,10-13,16-20H2,1-2H3/t21-,22?,23?/m1/s1. The van der Waals surface area contributed by atoms with E-state index >= 15 is 0 Å². The van der Waals surface area contributed by atoms with Crippen LogP contribution < -0.4 is 0 Å². The minimum atomic E-state index is -0.415. The molecule has 0 saturated carbocycles. The highest BCUT2D eigenvalue weighted by molar-refractivity contribution is 5.69. The number of aliphatic hydroxyl groups is 1. The van der Waals surface area contributed by atoms with Crippen LogP contribution in [0, 0.1) is 11.8 Å². The summed E-state index contributed by atoms with van der Waals surface area (Å²) in [4.78, 5) is 11.2. The van der Waals surface area contributed by atoms with Crippen LogP contribution in [0.3, 0.4) is 0 Å². The molecule has 0 aromatic heterocycles. The number of ether oxygens (including phenoxy) is 3. The zero-order valence-corrected chi connectivity index (χ0v) is 19.0. The van der Waals surface area contributed by atoms with Crippen molar-refractivity contribution >= 4 is 5.97 Å². The molecule has 1 fully saturated rings. The van der Waals surface area contributed by atoms with Gasteiger partial charge in [0.2, 0.25) is 0 Å². The Labute approximate surface area is 182 Å². The fourth-order valence-corrected chi connectivity index (χ4v) is 4.55. The lowest BCUT2D eigenvalue weighted by atomic mass is 9.85. The van der Waals surface area contributed by atoms with Gasteiger partial charge in [-0.05, 0) is 43.9 Å². The van der Waals surface area contributed by atoms with E-state index in [-0.39, 0.29) is 18.0 Å². The topological polar surface area (TPSA) is 65.0 Å². The molecule has 3 atom stereocenters. The van der Waals surface area contributed by atoms with Gasteiger partial charge in [-0.25, -0.2) is 0 Å². The maximum Gasteiger partial charge on any atom is 0.305 e. The average molecular weight is 423 g/mol. The molecule has 1 aliphatic heterocycles. The first-order valence-corrected chi connectivity index (χ1v) is 12.0. The Bertz CT molecular complexity index is 536. The lowest BCUT2D eigenvalue weighted by Gasteiger charge is -2.30. The third-order valence-corrected chi connectivity index (χ3v) is 6.43. The molecule has 1 saturated heterocycles. The molecule has 0 spiro atoms. The smallest absolute Gasteiger partial charge is 0.305 e. The van der Waals surface area contributed by atoms with Crippen LogP contribution in [0.25, 0.3) is 0 Å². The fraction of sp³-hybridized carbons (Fsp3) is 0.800. The van der Waals surface area contributed by atoms with Crippen LogP contribution in [0.15, 0.2) is 24.3 Å². The Morgan fingerprint density at radius 3 is 2.60 bits per heavy atom. The van der Waals surface area contributed by atoms with Crippen molar-refractivity contribution in [2.45, 2.75) is 95.9 Å². The molecule has 0 aromatic rings. The van der Waals surface area contributed by atoms with Gasteiger partial charge in [0, 0.05) is 19.3 Å². The first-order chi connectivity index (χ1) is 14.6. The van der Waals surface area contributed by atoms with Gasteiger partial charge in [-0.1, -0.05) is 56.9 Å². The van der Waals surface area contributed by atoms with E-state index in [1.807, 2.05) is 6.08 Å². The number of esters is 1. The van der Waals surface area contributed by atoms with Gasteiger partial charge in [0.1, 0.15) is 0 Å². The van der Waals surface area contributed by atoms with Crippen molar-refractivity contribution in [2.24, 2.45) is 11.8 Å². The molecule has 30 heavy (non-hydrogen) atoms. The Balaban J connectivity index is 1.74. The Morgan fingerprint density at radius 1 is 1.10 bits per heavy atom. The molecule has 2 aliphatic rings. The third-order valence-electron chi connectivity index (χ3n) is 6.43. The van der Waals surface area contributed by atoms with Crippen LogP contribution in [-0.4, -0.2) is 43.3 Å². The maximum absolute atomic E-state index is 11.2. The highest BCUT2D eigenvalue weighted by Crippen LogP contribution is 2.38. The van der Waals surface area contributed by atoms with Crippen LogP contribution in [0.4, 0.5) is 0 Å². The van der Waals surface area contributed by atoms with Gasteiger partial charge in [0.15, 0.2) is 5.79 Å². The minimum Gasteiger partial charge on any atom is -0.469 e. The van der Waals surface area contributed by atoms with Gasteiger partial charge in [-0.15, -0.1) is 0 Å². The quantitative estimate of drug-likeness (QED) is 0.220. The average Bonchev–Trinajstić information content (AvgIpc) is 3.36. The van der Waals surface area contributed by atoms with Crippen molar-refractivity contribution in [3.8, 4) is 0 Å². The molecular formula is C25H42O5. The second-order valence-corrected chi connectivity index (χ2v) is 8.69. The van der Waals surface area contributed by atoms with Crippen molar-refractivity contribution < 1.29 is 24.1 Å². The number of carbonyl (C=O) groups is 1. The zero-order chi connectivity index (χ0) is 21.7. The molecule has 0 radical (unpaired) electrons. The first-order valence-electron chi connectivity index (χ1n) is 12.0.